The van der Waals surface area contributed by atoms with Gasteiger partial charge in [-0.25, -0.2) is 9.97 Å². The SMILES string of the molecule is Cc1cc(-n2nc(C)cc2NC(=O)[C@@H]2C[C@H]3CC[C@H]2O3)nc(C)n1. The van der Waals surface area contributed by atoms with Gasteiger partial charge in [0.1, 0.15) is 11.6 Å². The molecule has 3 atom stereocenters. The van der Waals surface area contributed by atoms with E-state index in [0.717, 1.165) is 30.7 Å². The first-order valence-electron chi connectivity index (χ1n) is 8.35. The van der Waals surface area contributed by atoms with Crippen LogP contribution in [0.3, 0.4) is 0 Å². The Labute approximate surface area is 140 Å². The number of amides is 1. The summed E-state index contributed by atoms with van der Waals surface area (Å²) in [7, 11) is 0. The minimum atomic E-state index is -0.0683. The Hall–Kier alpha value is -2.28. The highest BCUT2D eigenvalue weighted by atomic mass is 16.5. The fourth-order valence-corrected chi connectivity index (χ4v) is 3.70. The zero-order chi connectivity index (χ0) is 16.8. The van der Waals surface area contributed by atoms with Crippen LogP contribution < -0.4 is 5.32 Å². The van der Waals surface area contributed by atoms with Crippen molar-refractivity contribution in [3.05, 3.63) is 29.3 Å². The molecule has 4 rings (SSSR count). The Morgan fingerprint density at radius 3 is 2.71 bits per heavy atom. The molecule has 4 heterocycles. The molecular weight excluding hydrogens is 306 g/mol. The number of carbonyl (C=O) groups excluding carboxylic acids is 1. The smallest absolute Gasteiger partial charge is 0.231 e. The van der Waals surface area contributed by atoms with Gasteiger partial charge in [0.15, 0.2) is 5.82 Å². The molecule has 126 valence electrons. The molecule has 24 heavy (non-hydrogen) atoms. The maximum Gasteiger partial charge on any atom is 0.231 e. The number of aromatic nitrogens is 4. The van der Waals surface area contributed by atoms with Crippen LogP contribution in [0.15, 0.2) is 12.1 Å². The van der Waals surface area contributed by atoms with Crippen molar-refractivity contribution in [2.75, 3.05) is 5.32 Å². The standard InChI is InChI=1S/C17H21N5O2/c1-9-6-15(19-11(3)18-9)22-16(7-10(2)21-22)20-17(23)13-8-12-4-5-14(13)24-12/h6-7,12-14H,4-5,8H2,1-3H3,(H,20,23)/t12-,13-,14-/m1/s1. The van der Waals surface area contributed by atoms with Crippen LogP contribution in [-0.4, -0.2) is 37.9 Å². The molecule has 0 aliphatic carbocycles. The van der Waals surface area contributed by atoms with Crippen molar-refractivity contribution in [1.29, 1.82) is 0 Å². The quantitative estimate of drug-likeness (QED) is 0.933. The van der Waals surface area contributed by atoms with Gasteiger partial charge in [-0.15, -0.1) is 0 Å². The van der Waals surface area contributed by atoms with E-state index in [1.54, 1.807) is 4.68 Å². The van der Waals surface area contributed by atoms with Gasteiger partial charge in [0.2, 0.25) is 5.91 Å². The maximum absolute atomic E-state index is 12.7. The highest BCUT2D eigenvalue weighted by molar-refractivity contribution is 5.92. The number of anilines is 1. The fourth-order valence-electron chi connectivity index (χ4n) is 3.70. The predicted octanol–water partition coefficient (Wildman–Crippen LogP) is 2.09. The minimum Gasteiger partial charge on any atom is -0.374 e. The molecule has 0 spiro atoms. The van der Waals surface area contributed by atoms with Crippen LogP contribution in [0, 0.1) is 26.7 Å². The van der Waals surface area contributed by atoms with Gasteiger partial charge in [0.25, 0.3) is 0 Å². The number of aryl methyl sites for hydroxylation is 3. The van der Waals surface area contributed by atoms with Crippen molar-refractivity contribution in [2.45, 2.75) is 52.2 Å². The summed E-state index contributed by atoms with van der Waals surface area (Å²) in [5.41, 5.74) is 1.69. The summed E-state index contributed by atoms with van der Waals surface area (Å²) in [5, 5.41) is 7.49. The van der Waals surface area contributed by atoms with Gasteiger partial charge < -0.3 is 10.1 Å². The molecular formula is C17H21N5O2. The number of nitrogens with zero attached hydrogens (tertiary/aromatic N) is 4. The van der Waals surface area contributed by atoms with Crippen LogP contribution in [-0.2, 0) is 9.53 Å². The molecule has 2 bridgehead atoms. The Morgan fingerprint density at radius 1 is 1.21 bits per heavy atom. The van der Waals surface area contributed by atoms with Gasteiger partial charge in [-0.2, -0.15) is 9.78 Å². The summed E-state index contributed by atoms with van der Waals surface area (Å²) in [6.07, 6.45) is 3.19. The second-order valence-electron chi connectivity index (χ2n) is 6.70. The van der Waals surface area contributed by atoms with Crippen LogP contribution in [0.1, 0.15) is 36.5 Å². The highest BCUT2D eigenvalue weighted by Gasteiger charge is 2.44. The minimum absolute atomic E-state index is 0.00542. The average molecular weight is 327 g/mol. The highest BCUT2D eigenvalue weighted by Crippen LogP contribution is 2.39. The summed E-state index contributed by atoms with van der Waals surface area (Å²) in [6.45, 7) is 5.66. The molecule has 2 aliphatic heterocycles. The number of nitrogens with one attached hydrogen (secondary N) is 1. The van der Waals surface area contributed by atoms with Crippen molar-refractivity contribution in [3.63, 3.8) is 0 Å². The summed E-state index contributed by atoms with van der Waals surface area (Å²) in [5.74, 6) is 1.91. The zero-order valence-corrected chi connectivity index (χ0v) is 14.1. The molecule has 0 aromatic carbocycles. The predicted molar refractivity (Wildman–Crippen MR) is 88.0 cm³/mol. The van der Waals surface area contributed by atoms with Gasteiger partial charge in [-0.05, 0) is 40.0 Å². The van der Waals surface area contributed by atoms with E-state index in [1.807, 2.05) is 32.9 Å². The second-order valence-corrected chi connectivity index (χ2v) is 6.70. The van der Waals surface area contributed by atoms with Crippen molar-refractivity contribution >= 4 is 11.7 Å². The Bertz CT molecular complexity index is 780. The number of fused-ring (bicyclic) bond motifs is 2. The Morgan fingerprint density at radius 2 is 2.04 bits per heavy atom. The van der Waals surface area contributed by atoms with E-state index in [2.05, 4.69) is 20.4 Å². The molecule has 1 amide bonds. The van der Waals surface area contributed by atoms with Crippen LogP contribution in [0.25, 0.3) is 5.82 Å². The van der Waals surface area contributed by atoms with Gasteiger partial charge in [0.05, 0.1) is 23.8 Å². The molecule has 0 saturated carbocycles. The third-order valence-electron chi connectivity index (χ3n) is 4.70. The van der Waals surface area contributed by atoms with Crippen LogP contribution in [0.4, 0.5) is 5.82 Å². The van der Waals surface area contributed by atoms with E-state index in [1.165, 1.54) is 0 Å². The van der Waals surface area contributed by atoms with Crippen LogP contribution >= 0.6 is 0 Å². The van der Waals surface area contributed by atoms with Crippen molar-refractivity contribution in [1.82, 2.24) is 19.7 Å². The van der Waals surface area contributed by atoms with Crippen LogP contribution in [0.2, 0.25) is 0 Å². The van der Waals surface area contributed by atoms with E-state index in [4.69, 9.17) is 4.74 Å². The molecule has 0 unspecified atom stereocenters. The van der Waals surface area contributed by atoms with E-state index in [-0.39, 0.29) is 24.0 Å². The lowest BCUT2D eigenvalue weighted by atomic mass is 9.88. The van der Waals surface area contributed by atoms with Crippen molar-refractivity contribution < 1.29 is 9.53 Å². The Balaban J connectivity index is 1.61. The number of hydrogen-bond donors (Lipinski definition) is 1. The second kappa shape index (κ2) is 5.66. The summed E-state index contributed by atoms with van der Waals surface area (Å²) < 4.78 is 7.46. The number of carbonyl (C=O) groups is 1. The maximum atomic E-state index is 12.7. The lowest BCUT2D eigenvalue weighted by Crippen LogP contribution is -2.31. The molecule has 2 fully saturated rings. The number of hydrogen-bond acceptors (Lipinski definition) is 5. The Kier molecular flexibility index (Phi) is 3.60. The molecule has 7 heteroatoms. The largest absolute Gasteiger partial charge is 0.374 e. The molecule has 2 saturated heterocycles. The first kappa shape index (κ1) is 15.3. The third kappa shape index (κ3) is 2.69. The van der Waals surface area contributed by atoms with E-state index in [0.29, 0.717) is 17.5 Å². The summed E-state index contributed by atoms with van der Waals surface area (Å²) in [4.78, 5) is 21.4. The van der Waals surface area contributed by atoms with Crippen molar-refractivity contribution in [3.8, 4) is 5.82 Å². The molecule has 0 radical (unpaired) electrons. The number of rotatable bonds is 3. The monoisotopic (exact) mass is 327 g/mol. The topological polar surface area (TPSA) is 81.9 Å². The van der Waals surface area contributed by atoms with Crippen LogP contribution in [0.5, 0.6) is 0 Å². The van der Waals surface area contributed by atoms with Crippen molar-refractivity contribution in [2.24, 2.45) is 5.92 Å². The molecule has 7 nitrogen and oxygen atoms in total. The van der Waals surface area contributed by atoms with E-state index < -0.39 is 0 Å². The number of ether oxygens (including phenoxy) is 1. The average Bonchev–Trinajstić information content (AvgIpc) is 3.21. The lowest BCUT2D eigenvalue weighted by molar-refractivity contribution is -0.121. The summed E-state index contributed by atoms with van der Waals surface area (Å²) >= 11 is 0. The van der Waals surface area contributed by atoms with E-state index >= 15 is 0 Å². The summed E-state index contributed by atoms with van der Waals surface area (Å²) in [6, 6.07) is 3.72. The molecule has 1 N–H and O–H groups in total. The van der Waals surface area contributed by atoms with Gasteiger partial charge in [-0.3, -0.25) is 4.79 Å². The zero-order valence-electron chi connectivity index (χ0n) is 14.1. The van der Waals surface area contributed by atoms with E-state index in [9.17, 15) is 4.79 Å². The van der Waals surface area contributed by atoms with Gasteiger partial charge in [-0.1, -0.05) is 0 Å². The third-order valence-corrected chi connectivity index (χ3v) is 4.70. The van der Waals surface area contributed by atoms with Gasteiger partial charge >= 0.3 is 0 Å². The van der Waals surface area contributed by atoms with Gasteiger partial charge in [0, 0.05) is 17.8 Å². The molecule has 2 aromatic rings. The molecule has 2 aliphatic rings. The first-order valence-corrected chi connectivity index (χ1v) is 8.35. The molecule has 2 aromatic heterocycles. The fraction of sp³-hybridized carbons (Fsp3) is 0.529. The first-order chi connectivity index (χ1) is 11.5. The lowest BCUT2D eigenvalue weighted by Gasteiger charge is -2.18. The normalized spacial score (nSPS) is 25.2.